The molecule has 0 saturated carbocycles. The number of likely N-dealkylation sites (N-methyl/N-ethyl adjacent to an activating group) is 1. The van der Waals surface area contributed by atoms with Gasteiger partial charge < -0.3 is 24.7 Å². The third kappa shape index (κ3) is 8.12. The number of carbonyl (C=O) groups is 3. The summed E-state index contributed by atoms with van der Waals surface area (Å²) in [5.41, 5.74) is 1.31. The minimum atomic E-state index is -1.82. The first-order valence-electron chi connectivity index (χ1n) is 11.3. The Morgan fingerprint density at radius 3 is 1.91 bits per heavy atom. The molecule has 2 fully saturated rings. The average molecular weight is 450 g/mol. The summed E-state index contributed by atoms with van der Waals surface area (Å²) in [6.45, 7) is 12.8. The number of hydrogen-bond acceptors (Lipinski definition) is 6. The van der Waals surface area contributed by atoms with E-state index in [0.717, 1.165) is 70.9 Å². The van der Waals surface area contributed by atoms with Crippen molar-refractivity contribution in [3.63, 3.8) is 0 Å². The van der Waals surface area contributed by atoms with Gasteiger partial charge in [0.1, 0.15) is 5.75 Å². The van der Waals surface area contributed by atoms with Crippen molar-refractivity contribution in [3.05, 3.63) is 29.8 Å². The van der Waals surface area contributed by atoms with Crippen molar-refractivity contribution in [1.29, 1.82) is 0 Å². The van der Waals surface area contributed by atoms with Crippen molar-refractivity contribution in [3.8, 4) is 5.75 Å². The van der Waals surface area contributed by atoms with Gasteiger partial charge in [0.2, 0.25) is 5.91 Å². The van der Waals surface area contributed by atoms with Gasteiger partial charge in [-0.25, -0.2) is 9.59 Å². The van der Waals surface area contributed by atoms with Crippen LogP contribution in [0.15, 0.2) is 24.3 Å². The van der Waals surface area contributed by atoms with Crippen LogP contribution in [0.1, 0.15) is 32.3 Å². The second-order valence-electron chi connectivity index (χ2n) is 8.00. The van der Waals surface area contributed by atoms with Crippen LogP contribution in [0.2, 0.25) is 0 Å². The number of amides is 1. The molecule has 2 saturated heterocycles. The summed E-state index contributed by atoms with van der Waals surface area (Å²) in [7, 11) is 0. The first kappa shape index (κ1) is 25.6. The molecule has 0 unspecified atom stereocenters. The summed E-state index contributed by atoms with van der Waals surface area (Å²) in [6.07, 6.45) is 1.98. The van der Waals surface area contributed by atoms with Gasteiger partial charge >= 0.3 is 11.9 Å². The van der Waals surface area contributed by atoms with Crippen LogP contribution in [0.3, 0.4) is 0 Å². The lowest BCUT2D eigenvalue weighted by Gasteiger charge is -2.38. The van der Waals surface area contributed by atoms with Gasteiger partial charge in [0.15, 0.2) is 0 Å². The second-order valence-corrected chi connectivity index (χ2v) is 8.00. The molecule has 9 nitrogen and oxygen atoms in total. The number of piperidine rings is 1. The number of ether oxygens (including phenoxy) is 1. The Morgan fingerprint density at radius 1 is 0.875 bits per heavy atom. The molecule has 1 aromatic rings. The molecule has 2 aliphatic heterocycles. The van der Waals surface area contributed by atoms with Gasteiger partial charge in [-0.3, -0.25) is 9.69 Å². The Labute approximate surface area is 189 Å². The highest BCUT2D eigenvalue weighted by molar-refractivity contribution is 6.27. The molecule has 32 heavy (non-hydrogen) atoms. The van der Waals surface area contributed by atoms with E-state index in [-0.39, 0.29) is 5.92 Å². The number of rotatable bonds is 6. The molecule has 2 N–H and O–H groups in total. The van der Waals surface area contributed by atoms with E-state index in [1.165, 1.54) is 5.56 Å². The zero-order valence-electron chi connectivity index (χ0n) is 19.0. The fourth-order valence-electron chi connectivity index (χ4n) is 4.00. The molecule has 0 radical (unpaired) electrons. The Hall–Kier alpha value is -2.65. The molecule has 0 spiro atoms. The Bertz CT molecular complexity index is 727. The van der Waals surface area contributed by atoms with Crippen molar-refractivity contribution in [2.75, 3.05) is 52.4 Å². The van der Waals surface area contributed by atoms with E-state index in [9.17, 15) is 4.79 Å². The average Bonchev–Trinajstić information content (AvgIpc) is 2.81. The van der Waals surface area contributed by atoms with E-state index in [0.29, 0.717) is 12.5 Å². The summed E-state index contributed by atoms with van der Waals surface area (Å²) in [5.74, 6) is -2.10. The summed E-state index contributed by atoms with van der Waals surface area (Å²) in [4.78, 5) is 38.0. The number of nitrogens with zero attached hydrogens (tertiary/aromatic N) is 3. The summed E-state index contributed by atoms with van der Waals surface area (Å²) < 4.78 is 5.50. The highest BCUT2D eigenvalue weighted by Gasteiger charge is 2.30. The predicted octanol–water partition coefficient (Wildman–Crippen LogP) is 1.62. The Kier molecular flexibility index (Phi) is 10.4. The van der Waals surface area contributed by atoms with Crippen molar-refractivity contribution in [2.45, 2.75) is 33.2 Å². The largest absolute Gasteiger partial charge is 0.494 e. The number of carbonyl (C=O) groups excluding carboxylic acids is 1. The molecule has 178 valence electrons. The van der Waals surface area contributed by atoms with Gasteiger partial charge in [0.25, 0.3) is 0 Å². The van der Waals surface area contributed by atoms with E-state index in [4.69, 9.17) is 24.5 Å². The van der Waals surface area contributed by atoms with E-state index in [2.05, 4.69) is 33.8 Å². The molecular weight excluding hydrogens is 414 g/mol. The van der Waals surface area contributed by atoms with Crippen LogP contribution in [0.5, 0.6) is 5.75 Å². The normalized spacial score (nSPS) is 17.9. The van der Waals surface area contributed by atoms with Crippen LogP contribution in [0.4, 0.5) is 0 Å². The van der Waals surface area contributed by atoms with Crippen LogP contribution in [0, 0.1) is 5.92 Å². The lowest BCUT2D eigenvalue weighted by Crippen LogP contribution is -2.51. The quantitative estimate of drug-likeness (QED) is 0.631. The van der Waals surface area contributed by atoms with E-state index in [1.807, 2.05) is 19.1 Å². The number of carboxylic acid groups (broad SMARTS) is 2. The second kappa shape index (κ2) is 13.0. The molecule has 9 heteroatoms. The fourth-order valence-corrected chi connectivity index (χ4v) is 4.00. The summed E-state index contributed by atoms with van der Waals surface area (Å²) in [6, 6.07) is 8.39. The van der Waals surface area contributed by atoms with Gasteiger partial charge in [-0.05, 0) is 57.1 Å². The van der Waals surface area contributed by atoms with Gasteiger partial charge in [-0.2, -0.15) is 0 Å². The van der Waals surface area contributed by atoms with E-state index in [1.54, 1.807) is 0 Å². The maximum absolute atomic E-state index is 12.8. The molecule has 1 aromatic carbocycles. The SMILES string of the molecule is CCOc1ccc(CN2CCC(C(=O)N3CCN(CC)CC3)CC2)cc1.O=C(O)C(=O)O. The van der Waals surface area contributed by atoms with Crippen molar-refractivity contribution in [1.82, 2.24) is 14.7 Å². The molecule has 0 aromatic heterocycles. The topological polar surface area (TPSA) is 111 Å². The first-order chi connectivity index (χ1) is 15.3. The first-order valence-corrected chi connectivity index (χ1v) is 11.3. The highest BCUT2D eigenvalue weighted by atomic mass is 16.5. The van der Waals surface area contributed by atoms with Crippen molar-refractivity contribution >= 4 is 17.8 Å². The zero-order chi connectivity index (χ0) is 23.5. The summed E-state index contributed by atoms with van der Waals surface area (Å²) >= 11 is 0. The monoisotopic (exact) mass is 449 g/mol. The van der Waals surface area contributed by atoms with E-state index < -0.39 is 11.9 Å². The maximum atomic E-state index is 12.8. The van der Waals surface area contributed by atoms with E-state index >= 15 is 0 Å². The molecular formula is C23H35N3O6. The molecule has 0 bridgehead atoms. The van der Waals surface area contributed by atoms with Crippen molar-refractivity contribution in [2.24, 2.45) is 5.92 Å². The Morgan fingerprint density at radius 2 is 1.44 bits per heavy atom. The van der Waals surface area contributed by atoms with Crippen LogP contribution >= 0.6 is 0 Å². The Balaban J connectivity index is 0.000000534. The van der Waals surface area contributed by atoms with Crippen molar-refractivity contribution < 1.29 is 29.3 Å². The number of hydrogen-bond donors (Lipinski definition) is 2. The number of aliphatic carboxylic acids is 2. The van der Waals surface area contributed by atoms with Crippen LogP contribution < -0.4 is 4.74 Å². The number of piperazine rings is 1. The smallest absolute Gasteiger partial charge is 0.414 e. The van der Waals surface area contributed by atoms with Crippen LogP contribution in [-0.4, -0.2) is 95.2 Å². The third-order valence-electron chi connectivity index (χ3n) is 5.89. The van der Waals surface area contributed by atoms with Gasteiger partial charge in [0.05, 0.1) is 6.61 Å². The molecule has 2 heterocycles. The molecule has 3 rings (SSSR count). The van der Waals surface area contributed by atoms with Gasteiger partial charge in [0, 0.05) is 38.6 Å². The molecule has 0 atom stereocenters. The fraction of sp³-hybridized carbons (Fsp3) is 0.609. The standard InChI is InChI=1S/C21H33N3O2.C2H2O4/c1-3-22-13-15-24(16-14-22)21(25)19-9-11-23(12-10-19)17-18-5-7-20(8-6-18)26-4-2;3-1(4)2(5)6/h5-8,19H,3-4,9-17H2,1-2H3;(H,3,4)(H,5,6). The molecule has 0 aliphatic carbocycles. The third-order valence-corrected chi connectivity index (χ3v) is 5.89. The molecule has 1 amide bonds. The summed E-state index contributed by atoms with van der Waals surface area (Å²) in [5, 5.41) is 14.8. The lowest BCUT2D eigenvalue weighted by molar-refractivity contribution is -0.159. The highest BCUT2D eigenvalue weighted by Crippen LogP contribution is 2.22. The molecule has 2 aliphatic rings. The maximum Gasteiger partial charge on any atom is 0.414 e. The van der Waals surface area contributed by atoms with Gasteiger partial charge in [-0.1, -0.05) is 19.1 Å². The predicted molar refractivity (Wildman–Crippen MR) is 120 cm³/mol. The lowest BCUT2D eigenvalue weighted by atomic mass is 9.94. The number of benzene rings is 1. The zero-order valence-corrected chi connectivity index (χ0v) is 19.0. The number of carboxylic acids is 2. The van der Waals surface area contributed by atoms with Crippen LogP contribution in [0.25, 0.3) is 0 Å². The minimum Gasteiger partial charge on any atom is -0.494 e. The van der Waals surface area contributed by atoms with Gasteiger partial charge in [-0.15, -0.1) is 0 Å². The van der Waals surface area contributed by atoms with Crippen LogP contribution in [-0.2, 0) is 20.9 Å². The minimum absolute atomic E-state index is 0.222. The number of likely N-dealkylation sites (tertiary alicyclic amines) is 1.